The first-order valence-corrected chi connectivity index (χ1v) is 13.7. The number of hydrogen-bond acceptors (Lipinski definition) is 2. The molecule has 1 nitrogen and oxygen atoms in total. The quantitative estimate of drug-likeness (QED) is 0.173. The van der Waals surface area contributed by atoms with Crippen LogP contribution in [0.1, 0.15) is 142 Å². The van der Waals surface area contributed by atoms with Crippen LogP contribution in [-0.2, 0) is 0 Å². The van der Waals surface area contributed by atoms with Crippen LogP contribution in [0.25, 0.3) is 0 Å². The van der Waals surface area contributed by atoms with E-state index in [1.165, 1.54) is 134 Å². The first kappa shape index (κ1) is 27.3. The van der Waals surface area contributed by atoms with Crippen molar-refractivity contribution in [3.05, 3.63) is 0 Å². The molecule has 1 atom stereocenters. The molecular weight excluding hydrogens is 348 g/mol. The van der Waals surface area contributed by atoms with Gasteiger partial charge in [-0.05, 0) is 37.7 Å². The number of rotatable bonds is 23. The van der Waals surface area contributed by atoms with Gasteiger partial charge in [-0.25, -0.2) is 0 Å². The maximum atomic E-state index is 9.21. The molecule has 0 aromatic carbocycles. The van der Waals surface area contributed by atoms with Crippen molar-refractivity contribution in [2.75, 3.05) is 11.5 Å². The molecule has 0 aromatic rings. The van der Waals surface area contributed by atoms with Crippen LogP contribution < -0.4 is 0 Å². The number of hydrogen-bond donors (Lipinski definition) is 1. The molecule has 0 saturated heterocycles. The third-order valence-corrected chi connectivity index (χ3v) is 6.71. The summed E-state index contributed by atoms with van der Waals surface area (Å²) in [7, 11) is 0. The Bertz CT molecular complexity index is 255. The van der Waals surface area contributed by atoms with Crippen molar-refractivity contribution in [3.8, 4) is 0 Å². The van der Waals surface area contributed by atoms with Crippen molar-refractivity contribution in [2.45, 2.75) is 148 Å². The summed E-state index contributed by atoms with van der Waals surface area (Å²) in [4.78, 5) is 0. The third kappa shape index (κ3) is 26.3. The Morgan fingerprint density at radius 1 is 0.519 bits per heavy atom. The zero-order chi connectivity index (χ0) is 19.8. The molecule has 0 amide bonds. The topological polar surface area (TPSA) is 20.2 Å². The molecule has 1 N–H and O–H groups in total. The zero-order valence-electron chi connectivity index (χ0n) is 19.0. The lowest BCUT2D eigenvalue weighted by Crippen LogP contribution is -1.99. The van der Waals surface area contributed by atoms with E-state index in [1.807, 2.05) is 6.92 Å². The average molecular weight is 401 g/mol. The predicted octanol–water partition coefficient (Wildman–Crippen LogP) is 8.92. The normalized spacial score (nSPS) is 12.6. The van der Waals surface area contributed by atoms with Crippen molar-refractivity contribution in [1.82, 2.24) is 0 Å². The summed E-state index contributed by atoms with van der Waals surface area (Å²) in [5.74, 6) is 2.54. The van der Waals surface area contributed by atoms with Gasteiger partial charge in [0.05, 0.1) is 6.10 Å². The average Bonchev–Trinajstić information content (AvgIpc) is 2.65. The van der Waals surface area contributed by atoms with E-state index in [1.54, 1.807) is 0 Å². The van der Waals surface area contributed by atoms with Crippen LogP contribution in [0.4, 0.5) is 0 Å². The first-order valence-electron chi connectivity index (χ1n) is 12.5. The Balaban J connectivity index is 2.97. The van der Waals surface area contributed by atoms with Gasteiger partial charge in [-0.2, -0.15) is 11.8 Å². The minimum atomic E-state index is -0.115. The van der Waals surface area contributed by atoms with E-state index in [0.717, 1.165) is 6.42 Å². The van der Waals surface area contributed by atoms with Crippen molar-refractivity contribution >= 4 is 11.8 Å². The Morgan fingerprint density at radius 3 is 1.22 bits per heavy atom. The molecule has 0 aliphatic heterocycles. The van der Waals surface area contributed by atoms with E-state index >= 15 is 0 Å². The Kier molecular flexibility index (Phi) is 24.6. The second-order valence-electron chi connectivity index (χ2n) is 8.61. The second-order valence-corrected chi connectivity index (χ2v) is 9.84. The number of thioether (sulfide) groups is 1. The highest BCUT2D eigenvalue weighted by Gasteiger charge is 1.97. The van der Waals surface area contributed by atoms with Gasteiger partial charge in [0.15, 0.2) is 0 Å². The van der Waals surface area contributed by atoms with Crippen molar-refractivity contribution in [3.63, 3.8) is 0 Å². The Labute approximate surface area is 176 Å². The number of aliphatic hydroxyl groups is 1. The molecule has 0 aliphatic rings. The predicted molar refractivity (Wildman–Crippen MR) is 127 cm³/mol. The van der Waals surface area contributed by atoms with Gasteiger partial charge in [-0.15, -0.1) is 0 Å². The molecule has 0 aliphatic carbocycles. The highest BCUT2D eigenvalue weighted by atomic mass is 32.2. The highest BCUT2D eigenvalue weighted by Crippen LogP contribution is 2.15. The molecular formula is C25H52OS. The van der Waals surface area contributed by atoms with Gasteiger partial charge < -0.3 is 5.11 Å². The van der Waals surface area contributed by atoms with Gasteiger partial charge in [-0.1, -0.05) is 116 Å². The van der Waals surface area contributed by atoms with E-state index < -0.39 is 0 Å². The standard InChI is InChI=1S/C25H52OS/c1-3-4-5-6-7-8-9-10-11-12-13-14-15-16-17-18-19-20-23-27-24-21-22-25(2)26/h25-26H,3-24H2,1-2H3. The summed E-state index contributed by atoms with van der Waals surface area (Å²) in [6, 6.07) is 0. The summed E-state index contributed by atoms with van der Waals surface area (Å²) < 4.78 is 0. The minimum Gasteiger partial charge on any atom is -0.393 e. The minimum absolute atomic E-state index is 0.115. The molecule has 0 saturated carbocycles. The SMILES string of the molecule is CCCCCCCCCCCCCCCCCCCCSCCCC(C)O. The van der Waals surface area contributed by atoms with Crippen LogP contribution in [0.5, 0.6) is 0 Å². The molecule has 0 radical (unpaired) electrons. The zero-order valence-corrected chi connectivity index (χ0v) is 19.8. The van der Waals surface area contributed by atoms with E-state index in [4.69, 9.17) is 0 Å². The molecule has 0 spiro atoms. The van der Waals surface area contributed by atoms with Crippen LogP contribution >= 0.6 is 11.8 Å². The van der Waals surface area contributed by atoms with Crippen molar-refractivity contribution < 1.29 is 5.11 Å². The van der Waals surface area contributed by atoms with Gasteiger partial charge >= 0.3 is 0 Å². The second kappa shape index (κ2) is 24.3. The Hall–Kier alpha value is 0.310. The van der Waals surface area contributed by atoms with Gasteiger partial charge in [0.1, 0.15) is 0 Å². The van der Waals surface area contributed by atoms with Crippen LogP contribution in [0.3, 0.4) is 0 Å². The van der Waals surface area contributed by atoms with Gasteiger partial charge in [-0.3, -0.25) is 0 Å². The lowest BCUT2D eigenvalue weighted by molar-refractivity contribution is 0.184. The lowest BCUT2D eigenvalue weighted by Gasteiger charge is -2.05. The highest BCUT2D eigenvalue weighted by molar-refractivity contribution is 7.99. The summed E-state index contributed by atoms with van der Waals surface area (Å²) in [5.41, 5.74) is 0. The third-order valence-electron chi connectivity index (χ3n) is 5.55. The molecule has 1 unspecified atom stereocenters. The summed E-state index contributed by atoms with van der Waals surface area (Å²) in [5, 5.41) is 9.21. The molecule has 0 heterocycles. The van der Waals surface area contributed by atoms with Gasteiger partial charge in [0, 0.05) is 0 Å². The van der Waals surface area contributed by atoms with Crippen LogP contribution in [0.2, 0.25) is 0 Å². The molecule has 2 heteroatoms. The maximum Gasteiger partial charge on any atom is 0.0512 e. The van der Waals surface area contributed by atoms with Crippen LogP contribution in [0, 0.1) is 0 Å². The van der Waals surface area contributed by atoms with E-state index in [2.05, 4.69) is 18.7 Å². The van der Waals surface area contributed by atoms with Gasteiger partial charge in [0.2, 0.25) is 0 Å². The van der Waals surface area contributed by atoms with Crippen LogP contribution in [-0.4, -0.2) is 22.7 Å². The first-order chi connectivity index (χ1) is 13.3. The summed E-state index contributed by atoms with van der Waals surface area (Å²) in [6.07, 6.45) is 28.2. The molecule has 0 rings (SSSR count). The fraction of sp³-hybridized carbons (Fsp3) is 1.00. The van der Waals surface area contributed by atoms with E-state index in [0.29, 0.717) is 0 Å². The smallest absolute Gasteiger partial charge is 0.0512 e. The fourth-order valence-corrected chi connectivity index (χ4v) is 4.67. The fourth-order valence-electron chi connectivity index (χ4n) is 3.69. The molecule has 0 fully saturated rings. The summed E-state index contributed by atoms with van der Waals surface area (Å²) in [6.45, 7) is 4.19. The molecule has 164 valence electrons. The number of unbranched alkanes of at least 4 members (excludes halogenated alkanes) is 17. The summed E-state index contributed by atoms with van der Waals surface area (Å²) >= 11 is 2.07. The molecule has 0 bridgehead atoms. The number of aliphatic hydroxyl groups excluding tert-OH is 1. The maximum absolute atomic E-state index is 9.21. The van der Waals surface area contributed by atoms with Crippen LogP contribution in [0.15, 0.2) is 0 Å². The van der Waals surface area contributed by atoms with E-state index in [9.17, 15) is 5.11 Å². The van der Waals surface area contributed by atoms with Crippen molar-refractivity contribution in [1.29, 1.82) is 0 Å². The van der Waals surface area contributed by atoms with Gasteiger partial charge in [0.25, 0.3) is 0 Å². The Morgan fingerprint density at radius 2 is 0.852 bits per heavy atom. The largest absolute Gasteiger partial charge is 0.393 e. The van der Waals surface area contributed by atoms with E-state index in [-0.39, 0.29) is 6.10 Å². The molecule has 27 heavy (non-hydrogen) atoms. The van der Waals surface area contributed by atoms with Crippen molar-refractivity contribution in [2.24, 2.45) is 0 Å². The molecule has 0 aromatic heterocycles. The lowest BCUT2D eigenvalue weighted by atomic mass is 10.0. The monoisotopic (exact) mass is 400 g/mol.